The average molecular weight is 518 g/mol. The van der Waals surface area contributed by atoms with E-state index in [1.165, 1.54) is 17.3 Å². The molecule has 0 radical (unpaired) electrons. The van der Waals surface area contributed by atoms with Crippen LogP contribution in [0.5, 0.6) is 0 Å². The first-order valence-electron chi connectivity index (χ1n) is 12.4. The first kappa shape index (κ1) is 25.0. The molecule has 0 N–H and O–H groups in total. The van der Waals surface area contributed by atoms with E-state index in [9.17, 15) is 4.79 Å². The maximum absolute atomic E-state index is 13.5. The number of carbonyl (C=O) groups excluding carboxylic acids is 1. The van der Waals surface area contributed by atoms with E-state index in [2.05, 4.69) is 84.9 Å². The summed E-state index contributed by atoms with van der Waals surface area (Å²) in [6.07, 6.45) is 0.853. The highest BCUT2D eigenvalue weighted by molar-refractivity contribution is 8.14. The van der Waals surface area contributed by atoms with Crippen LogP contribution in [-0.4, -0.2) is 10.9 Å². The van der Waals surface area contributed by atoms with E-state index in [0.717, 1.165) is 33.8 Å². The van der Waals surface area contributed by atoms with Gasteiger partial charge < -0.3 is 0 Å². The second-order valence-electron chi connectivity index (χ2n) is 8.63. The maximum Gasteiger partial charge on any atom is 0.221 e. The second-order valence-corrected chi connectivity index (χ2v) is 12.7. The van der Waals surface area contributed by atoms with Crippen molar-refractivity contribution >= 4 is 45.5 Å². The Hall–Kier alpha value is -3.65. The lowest BCUT2D eigenvalue weighted by Crippen LogP contribution is -2.25. The third-order valence-electron chi connectivity index (χ3n) is 6.24. The minimum absolute atomic E-state index is 0.0579. The molecule has 0 atom stereocenters. The highest BCUT2D eigenvalue weighted by atomic mass is 32.2. The van der Waals surface area contributed by atoms with Crippen molar-refractivity contribution in [2.24, 2.45) is 4.74 Å². The summed E-state index contributed by atoms with van der Waals surface area (Å²) >= 11 is 1.37. The summed E-state index contributed by atoms with van der Waals surface area (Å²) < 4.78 is 5.57. The van der Waals surface area contributed by atoms with E-state index in [1.54, 1.807) is 0 Å². The quantitative estimate of drug-likeness (QED) is 0.198. The van der Waals surface area contributed by atoms with Crippen LogP contribution in [0.15, 0.2) is 150 Å². The van der Waals surface area contributed by atoms with Crippen LogP contribution in [-0.2, 0) is 6.42 Å². The number of carbonyl (C=O) groups is 1. The molecule has 0 amide bonds. The molecule has 0 spiro atoms. The lowest BCUT2D eigenvalue weighted by Gasteiger charge is -2.27. The molecule has 182 valence electrons. The molecule has 0 unspecified atom stereocenters. The summed E-state index contributed by atoms with van der Waals surface area (Å²) in [4.78, 5) is 13.5. The Kier molecular flexibility index (Phi) is 8.15. The van der Waals surface area contributed by atoms with Gasteiger partial charge in [0.15, 0.2) is 0 Å². The molecule has 0 bridgehead atoms. The molecule has 5 aromatic carbocycles. The van der Waals surface area contributed by atoms with Crippen molar-refractivity contribution in [1.82, 2.24) is 0 Å². The van der Waals surface area contributed by atoms with Gasteiger partial charge >= 0.3 is 0 Å². The first-order valence-corrected chi connectivity index (χ1v) is 15.1. The number of rotatable bonds is 8. The smallest absolute Gasteiger partial charge is 0.221 e. The van der Waals surface area contributed by atoms with Crippen LogP contribution in [0.2, 0.25) is 0 Å². The van der Waals surface area contributed by atoms with E-state index in [1.807, 2.05) is 60.7 Å². The number of hydrogen-bond donors (Lipinski definition) is 0. The van der Waals surface area contributed by atoms with E-state index < -0.39 is 7.05 Å². The third kappa shape index (κ3) is 5.69. The van der Waals surface area contributed by atoms with Crippen LogP contribution in [0.1, 0.15) is 15.9 Å². The monoisotopic (exact) mass is 517 g/mol. The molecule has 5 rings (SSSR count). The van der Waals surface area contributed by atoms with Crippen LogP contribution < -0.4 is 15.9 Å². The minimum Gasteiger partial charge on any atom is -0.281 e. The fraction of sp³-hybridized carbons (Fsp3) is 0.0606. The molecule has 0 aliphatic rings. The van der Waals surface area contributed by atoms with E-state index in [-0.39, 0.29) is 5.12 Å². The first-order chi connectivity index (χ1) is 18.3. The standard InChI is InChI=1S/C33H28NOPS/c35-33(37-26-25-27-15-5-1-6-16-27)31-23-13-14-24-32(31)34-36(28-17-7-2-8-18-28,29-19-9-3-10-20-29)30-21-11-4-12-22-30/h1-24H,25-26H2. The van der Waals surface area contributed by atoms with E-state index >= 15 is 0 Å². The van der Waals surface area contributed by atoms with Gasteiger partial charge in [-0.3, -0.25) is 9.54 Å². The fourth-order valence-electron chi connectivity index (χ4n) is 4.43. The lowest BCUT2D eigenvalue weighted by molar-refractivity contribution is 0.108. The summed E-state index contributed by atoms with van der Waals surface area (Å²) in [6.45, 7) is 0. The topological polar surface area (TPSA) is 29.4 Å². The zero-order valence-electron chi connectivity index (χ0n) is 20.5. The average Bonchev–Trinajstić information content (AvgIpc) is 2.98. The number of thioether (sulfide) groups is 1. The summed E-state index contributed by atoms with van der Waals surface area (Å²) in [5, 5.41) is 3.53. The van der Waals surface area contributed by atoms with Crippen LogP contribution in [0.3, 0.4) is 0 Å². The Balaban J connectivity index is 1.63. The normalized spacial score (nSPS) is 11.1. The zero-order chi connectivity index (χ0) is 25.3. The predicted octanol–water partition coefficient (Wildman–Crippen LogP) is 7.61. The van der Waals surface area contributed by atoms with Gasteiger partial charge in [0.2, 0.25) is 5.12 Å². The zero-order valence-corrected chi connectivity index (χ0v) is 22.2. The van der Waals surface area contributed by atoms with Crippen LogP contribution in [0.25, 0.3) is 0 Å². The number of aryl methyl sites for hydroxylation is 1. The number of nitrogens with zero attached hydrogens (tertiary/aromatic N) is 1. The Morgan fingerprint density at radius 3 is 1.51 bits per heavy atom. The summed E-state index contributed by atoms with van der Waals surface area (Å²) in [5.74, 6) is 0.730. The summed E-state index contributed by atoms with van der Waals surface area (Å²) in [5.41, 5.74) is 2.64. The van der Waals surface area contributed by atoms with Crippen molar-refractivity contribution in [3.63, 3.8) is 0 Å². The SMILES string of the molecule is O=C(SCCc1ccccc1)c1ccccc1N=P(c1ccccc1)(c1ccccc1)c1ccccc1. The van der Waals surface area contributed by atoms with Gasteiger partial charge in [0.1, 0.15) is 0 Å². The molecule has 0 saturated heterocycles. The largest absolute Gasteiger partial charge is 0.281 e. The number of hydrogen-bond acceptors (Lipinski definition) is 3. The van der Waals surface area contributed by atoms with E-state index in [4.69, 9.17) is 4.74 Å². The van der Waals surface area contributed by atoms with Crippen molar-refractivity contribution in [2.75, 3.05) is 5.75 Å². The van der Waals surface area contributed by atoms with E-state index in [0.29, 0.717) is 5.56 Å². The Bertz CT molecular complexity index is 1400. The van der Waals surface area contributed by atoms with Crippen LogP contribution in [0.4, 0.5) is 5.69 Å². The van der Waals surface area contributed by atoms with Gasteiger partial charge in [-0.05, 0) is 24.1 Å². The fourth-order valence-corrected chi connectivity index (χ4v) is 8.83. The van der Waals surface area contributed by atoms with Gasteiger partial charge in [-0.25, -0.2) is 0 Å². The Morgan fingerprint density at radius 2 is 1.00 bits per heavy atom. The molecule has 0 aromatic heterocycles. The van der Waals surface area contributed by atoms with Gasteiger partial charge in [-0.15, -0.1) is 0 Å². The molecule has 4 heteroatoms. The summed E-state index contributed by atoms with van der Waals surface area (Å²) in [7, 11) is -2.45. The van der Waals surface area contributed by atoms with Gasteiger partial charge in [-0.2, -0.15) is 0 Å². The Morgan fingerprint density at radius 1 is 0.568 bits per heavy atom. The van der Waals surface area contributed by atoms with Gasteiger partial charge in [0.25, 0.3) is 0 Å². The minimum atomic E-state index is -2.45. The van der Waals surface area contributed by atoms with Crippen LogP contribution in [0, 0.1) is 0 Å². The van der Waals surface area contributed by atoms with Gasteiger partial charge in [0, 0.05) is 21.7 Å². The van der Waals surface area contributed by atoms with Gasteiger partial charge in [0.05, 0.1) is 18.3 Å². The van der Waals surface area contributed by atoms with Crippen molar-refractivity contribution < 1.29 is 4.79 Å². The molecule has 0 heterocycles. The third-order valence-corrected chi connectivity index (χ3v) is 10.8. The van der Waals surface area contributed by atoms with Gasteiger partial charge in [-0.1, -0.05) is 145 Å². The Labute approximate surface area is 223 Å². The molecule has 0 aliphatic heterocycles. The second kappa shape index (κ2) is 12.1. The molecule has 2 nitrogen and oxygen atoms in total. The molecule has 5 aromatic rings. The van der Waals surface area contributed by atoms with Crippen molar-refractivity contribution in [3.05, 3.63) is 157 Å². The predicted molar refractivity (Wildman–Crippen MR) is 161 cm³/mol. The number of benzene rings is 5. The van der Waals surface area contributed by atoms with Crippen LogP contribution >= 0.6 is 18.8 Å². The highest BCUT2D eigenvalue weighted by Crippen LogP contribution is 2.49. The summed E-state index contributed by atoms with van der Waals surface area (Å²) in [6, 6.07) is 49.6. The molecule has 0 aliphatic carbocycles. The molecule has 0 saturated carbocycles. The molecule has 0 fully saturated rings. The lowest BCUT2D eigenvalue weighted by atomic mass is 10.2. The van der Waals surface area contributed by atoms with Crippen molar-refractivity contribution in [2.45, 2.75) is 6.42 Å². The maximum atomic E-state index is 13.5. The molecular formula is C33H28NOPS. The molecule has 37 heavy (non-hydrogen) atoms. The van der Waals surface area contributed by atoms with Crippen molar-refractivity contribution in [1.29, 1.82) is 0 Å². The molecular weight excluding hydrogens is 489 g/mol. The van der Waals surface area contributed by atoms with Crippen molar-refractivity contribution in [3.8, 4) is 0 Å². The highest BCUT2D eigenvalue weighted by Gasteiger charge is 2.28.